The first-order valence-corrected chi connectivity index (χ1v) is 37.1. The van der Waals surface area contributed by atoms with Crippen LogP contribution in [-0.4, -0.2) is 180 Å². The first-order chi connectivity index (χ1) is 46.0. The highest BCUT2D eigenvalue weighted by atomic mass is 35.5. The molecule has 11 rings (SSSR count). The lowest BCUT2D eigenvalue weighted by Gasteiger charge is -2.40. The summed E-state index contributed by atoms with van der Waals surface area (Å²) in [6.45, 7) is 8.38. The van der Waals surface area contributed by atoms with E-state index in [1.807, 2.05) is 52.1 Å². The predicted octanol–water partition coefficient (Wildman–Crippen LogP) is 9.88. The summed E-state index contributed by atoms with van der Waals surface area (Å²) in [4.78, 5) is 86.9. The van der Waals surface area contributed by atoms with E-state index in [4.69, 9.17) is 16.3 Å². The van der Waals surface area contributed by atoms with Crippen molar-refractivity contribution in [2.75, 3.05) is 106 Å². The zero-order chi connectivity index (χ0) is 67.8. The molecular formula is C69H79ClF3N9O11S3. The van der Waals surface area contributed by atoms with Gasteiger partial charge in [-0.05, 0) is 147 Å². The van der Waals surface area contributed by atoms with Crippen molar-refractivity contribution >= 4 is 101 Å². The number of unbranched alkanes of at least 4 members (excludes halogenated alkanes) is 4. The van der Waals surface area contributed by atoms with Gasteiger partial charge < -0.3 is 25.2 Å². The van der Waals surface area contributed by atoms with Gasteiger partial charge in [-0.1, -0.05) is 72.8 Å². The zero-order valence-electron chi connectivity index (χ0n) is 53.2. The quantitative estimate of drug-likeness (QED) is 0.0229. The topological polar surface area (TPSA) is 244 Å². The third kappa shape index (κ3) is 16.6. The molecule has 2 unspecified atom stereocenters. The third-order valence-electron chi connectivity index (χ3n) is 19.1. The van der Waals surface area contributed by atoms with E-state index in [-0.39, 0.29) is 40.9 Å². The van der Waals surface area contributed by atoms with Gasteiger partial charge in [0.15, 0.2) is 0 Å². The van der Waals surface area contributed by atoms with Crippen molar-refractivity contribution in [2.24, 2.45) is 5.41 Å². The van der Waals surface area contributed by atoms with Gasteiger partial charge >= 0.3 is 5.51 Å². The number of halogens is 4. The molecule has 5 aliphatic heterocycles. The maximum Gasteiger partial charge on any atom is 0.501 e. The van der Waals surface area contributed by atoms with E-state index in [2.05, 4.69) is 42.8 Å². The van der Waals surface area contributed by atoms with Crippen molar-refractivity contribution in [3.8, 4) is 0 Å². The second-order valence-electron chi connectivity index (χ2n) is 25.5. The number of allylic oxidation sites excluding steroid dienone is 1. The number of piperidine rings is 1. The van der Waals surface area contributed by atoms with Gasteiger partial charge in [0.05, 0.1) is 34.9 Å². The molecule has 0 aromatic heterocycles. The van der Waals surface area contributed by atoms with Crippen molar-refractivity contribution in [1.82, 2.24) is 29.6 Å². The summed E-state index contributed by atoms with van der Waals surface area (Å²) >= 11 is 7.79. The van der Waals surface area contributed by atoms with E-state index in [9.17, 15) is 58.8 Å². The van der Waals surface area contributed by atoms with Crippen molar-refractivity contribution in [1.29, 1.82) is 0 Å². The van der Waals surface area contributed by atoms with Crippen LogP contribution in [0.2, 0.25) is 5.02 Å². The molecule has 5 aromatic rings. The molecule has 0 saturated carbocycles. The predicted molar refractivity (Wildman–Crippen MR) is 361 cm³/mol. The van der Waals surface area contributed by atoms with Crippen LogP contribution >= 0.6 is 23.4 Å². The number of sulfonamides is 1. The number of hydrogen-bond acceptors (Lipinski definition) is 17. The fourth-order valence-electron chi connectivity index (χ4n) is 13.8. The molecular weight excluding hydrogens is 1320 g/mol. The number of morpholine rings is 1. The van der Waals surface area contributed by atoms with Gasteiger partial charge in [0, 0.05) is 123 Å². The van der Waals surface area contributed by atoms with Crippen LogP contribution in [0.3, 0.4) is 0 Å². The number of imide groups is 2. The van der Waals surface area contributed by atoms with Crippen molar-refractivity contribution in [3.05, 3.63) is 148 Å². The van der Waals surface area contributed by atoms with E-state index < -0.39 is 82.5 Å². The molecule has 4 saturated heterocycles. The van der Waals surface area contributed by atoms with Gasteiger partial charge in [-0.15, -0.1) is 11.8 Å². The number of amides is 6. The summed E-state index contributed by atoms with van der Waals surface area (Å²) in [7, 11) is -11.0. The number of rotatable bonds is 26. The average molecular weight is 1400 g/mol. The van der Waals surface area contributed by atoms with E-state index in [0.717, 1.165) is 111 Å². The number of likely N-dealkylation sites (tertiary alicyclic amines) is 1. The lowest BCUT2D eigenvalue weighted by Crippen LogP contribution is -2.54. The summed E-state index contributed by atoms with van der Waals surface area (Å²) in [5.41, 5.74) is -0.726. The Hall–Kier alpha value is -7.33. The van der Waals surface area contributed by atoms with Crippen molar-refractivity contribution in [2.45, 2.75) is 116 Å². The van der Waals surface area contributed by atoms with Crippen LogP contribution in [0.1, 0.15) is 120 Å². The molecule has 0 radical (unpaired) electrons. The van der Waals surface area contributed by atoms with Crippen LogP contribution in [0, 0.1) is 5.41 Å². The number of nitrogens with zero attached hydrogens (tertiary/aromatic N) is 5. The van der Waals surface area contributed by atoms with Crippen LogP contribution in [0.4, 0.5) is 30.2 Å². The highest BCUT2D eigenvalue weighted by Gasteiger charge is 2.49. The highest BCUT2D eigenvalue weighted by Crippen LogP contribution is 2.49. The number of ether oxygens (including phenoxy) is 1. The van der Waals surface area contributed by atoms with E-state index in [1.165, 1.54) is 35.0 Å². The SMILES string of the molecule is O=C1CCC(N2C(=O)c3cccc(NCCCCCCCC(=O)N4CCC5(CCC(c6ccc(Cl)cc6)=C(CN6CCN(c7ccc(C(=O)NS(=O)(=O)c8ccc(N[C@H](CCN9CCOCC9)CSc9ccccc9)c(S(=O)(=O)C(F)(F)F)c8)cc7)CC6)C5)C4)c3C2=O)C(=O)N1. The highest BCUT2D eigenvalue weighted by molar-refractivity contribution is 7.99. The maximum atomic E-state index is 14.4. The number of benzene rings is 5. The van der Waals surface area contributed by atoms with Gasteiger partial charge in [-0.3, -0.25) is 48.8 Å². The average Bonchev–Trinajstić information content (AvgIpc) is 1.47. The van der Waals surface area contributed by atoms with Gasteiger partial charge in [-0.25, -0.2) is 21.6 Å². The molecule has 4 fully saturated rings. The molecule has 5 aromatic carbocycles. The standard InChI is InChI=1S/C69H79ClF3N9O11S3/c70-50-19-15-47(16-20-50)55-27-29-68(30-33-81(46-68)62(84)14-7-2-1-3-8-31-74-58-13-9-12-56-63(58)67(88)82(66(56)87)59-25-26-61(83)76-65(59)86)43-49(55)44-79-34-36-80(37-35-79)52-21-17-48(18-22-52)64(85)77-96(91,92)54-23-24-57(60(42-54)95(89,90)69(71,72)73)75-51(28-32-78-38-40-93-41-39-78)45-94-53-10-5-4-6-11-53/h4-6,9-13,15-24,42,51,59,74-75H,1-3,7-8,14,25-41,43-46H2,(H,77,85)(H,76,83,86)/t51-,59?,68?/m1/s1. The normalized spacial score (nSPS) is 20.2. The Balaban J connectivity index is 0.654. The number of carbonyl (C=O) groups excluding carboxylic acids is 6. The number of anilines is 3. The van der Waals surface area contributed by atoms with Gasteiger partial charge in [0.25, 0.3) is 37.6 Å². The van der Waals surface area contributed by atoms with E-state index >= 15 is 0 Å². The molecule has 96 heavy (non-hydrogen) atoms. The molecule has 512 valence electrons. The van der Waals surface area contributed by atoms with E-state index in [0.29, 0.717) is 101 Å². The Labute approximate surface area is 567 Å². The molecule has 4 N–H and O–H groups in total. The number of nitrogens with one attached hydrogen (secondary N) is 4. The van der Waals surface area contributed by atoms with Crippen LogP contribution in [0.25, 0.3) is 5.57 Å². The molecule has 5 heterocycles. The molecule has 0 bridgehead atoms. The van der Waals surface area contributed by atoms with E-state index in [1.54, 1.807) is 30.3 Å². The van der Waals surface area contributed by atoms with Crippen LogP contribution in [0.5, 0.6) is 0 Å². The van der Waals surface area contributed by atoms with Gasteiger partial charge in [-0.2, -0.15) is 13.2 Å². The minimum Gasteiger partial charge on any atom is -0.384 e. The minimum atomic E-state index is -6.10. The van der Waals surface area contributed by atoms with Crippen LogP contribution in [-0.2, 0) is 39.0 Å². The molecule has 1 spiro atoms. The largest absolute Gasteiger partial charge is 0.501 e. The summed E-state index contributed by atoms with van der Waals surface area (Å²) in [6.07, 6.45) is 8.92. The Morgan fingerprint density at radius 3 is 2.22 bits per heavy atom. The molecule has 6 amide bonds. The number of hydrogen-bond donors (Lipinski definition) is 4. The second-order valence-corrected chi connectivity index (χ2v) is 30.6. The lowest BCUT2D eigenvalue weighted by molar-refractivity contribution is -0.136. The van der Waals surface area contributed by atoms with Gasteiger partial charge in [0.1, 0.15) is 10.9 Å². The zero-order valence-corrected chi connectivity index (χ0v) is 56.4. The maximum absolute atomic E-state index is 14.4. The van der Waals surface area contributed by atoms with Crippen molar-refractivity contribution in [3.63, 3.8) is 0 Å². The van der Waals surface area contributed by atoms with Crippen LogP contribution in [0.15, 0.2) is 136 Å². The first kappa shape index (κ1) is 70.0. The summed E-state index contributed by atoms with van der Waals surface area (Å²) in [5.74, 6) is -2.73. The summed E-state index contributed by atoms with van der Waals surface area (Å²) in [6, 6.07) is 29.5. The smallest absolute Gasteiger partial charge is 0.384 e. The Kier molecular flexibility index (Phi) is 22.3. The first-order valence-electron chi connectivity index (χ1n) is 32.7. The number of alkyl halides is 3. The van der Waals surface area contributed by atoms with Gasteiger partial charge in [0.2, 0.25) is 17.7 Å². The Bertz CT molecular complexity index is 3970. The molecule has 3 atom stereocenters. The van der Waals surface area contributed by atoms with Crippen molar-refractivity contribution < 1.29 is 63.5 Å². The molecule has 20 nitrogen and oxygen atoms in total. The Morgan fingerprint density at radius 2 is 1.49 bits per heavy atom. The summed E-state index contributed by atoms with van der Waals surface area (Å²) < 4.78 is 104. The lowest BCUT2D eigenvalue weighted by atomic mass is 9.69. The molecule has 27 heteroatoms. The fourth-order valence-corrected chi connectivity index (χ4v) is 16.9. The number of piperazine rings is 1. The number of carbonyl (C=O) groups is 6. The monoisotopic (exact) mass is 1400 g/mol. The number of sulfone groups is 1. The summed E-state index contributed by atoms with van der Waals surface area (Å²) in [5, 5.41) is 9.19. The van der Waals surface area contributed by atoms with Crippen LogP contribution < -0.4 is 25.6 Å². The number of fused-ring (bicyclic) bond motifs is 1. The third-order valence-corrected chi connectivity index (χ3v) is 23.4. The number of thioether (sulfide) groups is 1. The second kappa shape index (κ2) is 30.6. The molecule has 1 aliphatic carbocycles. The Morgan fingerprint density at radius 1 is 0.760 bits per heavy atom. The molecule has 6 aliphatic rings. The fraction of sp³-hybridized carbons (Fsp3) is 0.449. The minimum absolute atomic E-state index is 0.0432.